The average molecular weight is 333 g/mol. The number of aromatic nitrogens is 2. The third kappa shape index (κ3) is 5.21. The lowest BCUT2D eigenvalue weighted by Gasteiger charge is -2.09. The number of rotatable bonds is 7. The van der Waals surface area contributed by atoms with Crippen LogP contribution < -0.4 is 10.6 Å². The van der Waals surface area contributed by atoms with Crippen LogP contribution in [0.3, 0.4) is 0 Å². The summed E-state index contributed by atoms with van der Waals surface area (Å²) in [7, 11) is 0. The van der Waals surface area contributed by atoms with Crippen LogP contribution in [0.2, 0.25) is 5.02 Å². The van der Waals surface area contributed by atoms with Crippen molar-refractivity contribution in [3.05, 3.63) is 46.6 Å². The molecule has 0 saturated heterocycles. The highest BCUT2D eigenvalue weighted by Crippen LogP contribution is 2.22. The van der Waals surface area contributed by atoms with Crippen LogP contribution >= 0.6 is 11.6 Å². The highest BCUT2D eigenvalue weighted by Gasteiger charge is 2.08. The smallest absolute Gasteiger partial charge is 0.271 e. The molecule has 5 nitrogen and oxygen atoms in total. The van der Waals surface area contributed by atoms with Gasteiger partial charge in [-0.25, -0.2) is 0 Å². The molecular formula is C17H21ClN4O. The van der Waals surface area contributed by atoms with Gasteiger partial charge in [0.2, 0.25) is 0 Å². The molecule has 23 heavy (non-hydrogen) atoms. The SMILES string of the molecule is CCCCCNC(=O)c1ccc(Nc2cc(Cl)ccc2C)nn1. The van der Waals surface area contributed by atoms with Crippen LogP contribution in [0.15, 0.2) is 30.3 Å². The minimum absolute atomic E-state index is 0.195. The Hall–Kier alpha value is -2.14. The van der Waals surface area contributed by atoms with Gasteiger partial charge in [-0.2, -0.15) is 0 Å². The normalized spacial score (nSPS) is 10.4. The molecule has 6 heteroatoms. The maximum absolute atomic E-state index is 11.9. The first kappa shape index (κ1) is 17.2. The fraction of sp³-hybridized carbons (Fsp3) is 0.353. The van der Waals surface area contributed by atoms with Gasteiger partial charge in [0.1, 0.15) is 0 Å². The number of benzene rings is 1. The van der Waals surface area contributed by atoms with E-state index in [1.165, 1.54) is 0 Å². The summed E-state index contributed by atoms with van der Waals surface area (Å²) in [5, 5.41) is 14.7. The second kappa shape index (κ2) is 8.48. The van der Waals surface area contributed by atoms with Crippen molar-refractivity contribution in [3.63, 3.8) is 0 Å². The Morgan fingerprint density at radius 1 is 1.17 bits per heavy atom. The molecule has 0 unspecified atom stereocenters. The van der Waals surface area contributed by atoms with E-state index < -0.39 is 0 Å². The Kier molecular flexibility index (Phi) is 6.35. The number of hydrogen-bond donors (Lipinski definition) is 2. The third-order valence-corrected chi connectivity index (χ3v) is 3.66. The highest BCUT2D eigenvalue weighted by atomic mass is 35.5. The lowest BCUT2D eigenvalue weighted by Crippen LogP contribution is -2.25. The molecule has 1 amide bonds. The Bertz CT molecular complexity index is 658. The van der Waals surface area contributed by atoms with Gasteiger partial charge in [0.15, 0.2) is 11.5 Å². The molecule has 1 aromatic carbocycles. The van der Waals surface area contributed by atoms with Crippen LogP contribution in [0.4, 0.5) is 11.5 Å². The van der Waals surface area contributed by atoms with E-state index in [-0.39, 0.29) is 5.91 Å². The van der Waals surface area contributed by atoms with Crippen molar-refractivity contribution < 1.29 is 4.79 Å². The molecule has 0 aliphatic carbocycles. The van der Waals surface area contributed by atoms with Gasteiger partial charge in [-0.15, -0.1) is 10.2 Å². The maximum Gasteiger partial charge on any atom is 0.271 e. The third-order valence-electron chi connectivity index (χ3n) is 3.43. The summed E-state index contributed by atoms with van der Waals surface area (Å²) in [6.07, 6.45) is 3.20. The van der Waals surface area contributed by atoms with Crippen molar-refractivity contribution in [2.24, 2.45) is 0 Å². The number of halogens is 1. The molecule has 0 aliphatic rings. The fourth-order valence-electron chi connectivity index (χ4n) is 2.05. The van der Waals surface area contributed by atoms with Crippen LogP contribution in [-0.4, -0.2) is 22.6 Å². The molecule has 1 aromatic heterocycles. The molecule has 2 aromatic rings. The number of unbranched alkanes of at least 4 members (excludes halogenated alkanes) is 2. The zero-order chi connectivity index (χ0) is 16.7. The van der Waals surface area contributed by atoms with E-state index in [1.807, 2.05) is 25.1 Å². The minimum atomic E-state index is -0.195. The lowest BCUT2D eigenvalue weighted by atomic mass is 10.2. The van der Waals surface area contributed by atoms with E-state index in [2.05, 4.69) is 27.8 Å². The first-order chi connectivity index (χ1) is 11.1. The number of carbonyl (C=O) groups is 1. The van der Waals surface area contributed by atoms with Crippen LogP contribution in [0, 0.1) is 6.92 Å². The van der Waals surface area contributed by atoms with E-state index in [4.69, 9.17) is 11.6 Å². The Labute approximate surface area is 141 Å². The Morgan fingerprint density at radius 2 is 2.00 bits per heavy atom. The van der Waals surface area contributed by atoms with E-state index in [0.29, 0.717) is 23.1 Å². The topological polar surface area (TPSA) is 66.9 Å². The molecule has 2 N–H and O–H groups in total. The number of amides is 1. The molecule has 0 spiro atoms. The molecule has 0 saturated carbocycles. The fourth-order valence-corrected chi connectivity index (χ4v) is 2.23. The number of nitrogens with one attached hydrogen (secondary N) is 2. The average Bonchev–Trinajstić information content (AvgIpc) is 2.55. The van der Waals surface area contributed by atoms with Gasteiger partial charge >= 0.3 is 0 Å². The number of nitrogens with zero attached hydrogens (tertiary/aromatic N) is 2. The van der Waals surface area contributed by atoms with E-state index in [9.17, 15) is 4.79 Å². The van der Waals surface area contributed by atoms with Gasteiger partial charge in [0, 0.05) is 17.3 Å². The van der Waals surface area contributed by atoms with Gasteiger partial charge in [-0.1, -0.05) is 37.4 Å². The second-order valence-corrected chi connectivity index (χ2v) is 5.79. The number of aryl methyl sites for hydroxylation is 1. The zero-order valence-electron chi connectivity index (χ0n) is 13.4. The molecule has 0 bridgehead atoms. The molecular weight excluding hydrogens is 312 g/mol. The summed E-state index contributed by atoms with van der Waals surface area (Å²) in [4.78, 5) is 11.9. The summed E-state index contributed by atoms with van der Waals surface area (Å²) >= 11 is 5.99. The lowest BCUT2D eigenvalue weighted by molar-refractivity contribution is 0.0947. The standard InChI is InChI=1S/C17H21ClN4O/c1-3-4-5-10-19-17(23)14-8-9-16(22-21-14)20-15-11-13(18)7-6-12(15)2/h6-9,11H,3-5,10H2,1-2H3,(H,19,23)(H,20,22). The van der Waals surface area contributed by atoms with Gasteiger partial charge in [0.05, 0.1) is 0 Å². The first-order valence-corrected chi connectivity index (χ1v) is 8.13. The maximum atomic E-state index is 11.9. The Morgan fingerprint density at radius 3 is 2.70 bits per heavy atom. The monoisotopic (exact) mass is 332 g/mol. The van der Waals surface area contributed by atoms with Gasteiger partial charge < -0.3 is 10.6 Å². The van der Waals surface area contributed by atoms with Gasteiger partial charge in [0.25, 0.3) is 5.91 Å². The van der Waals surface area contributed by atoms with E-state index in [1.54, 1.807) is 12.1 Å². The van der Waals surface area contributed by atoms with Crippen LogP contribution in [0.25, 0.3) is 0 Å². The summed E-state index contributed by atoms with van der Waals surface area (Å²) in [6.45, 7) is 4.76. The van der Waals surface area contributed by atoms with Gasteiger partial charge in [-0.05, 0) is 43.2 Å². The Balaban J connectivity index is 1.96. The number of carbonyl (C=O) groups excluding carboxylic acids is 1. The molecule has 122 valence electrons. The summed E-state index contributed by atoms with van der Waals surface area (Å²) in [5.41, 5.74) is 2.23. The molecule has 2 rings (SSSR count). The molecule has 0 aliphatic heterocycles. The predicted octanol–water partition coefficient (Wildman–Crippen LogP) is 4.10. The van der Waals surface area contributed by atoms with Crippen LogP contribution in [-0.2, 0) is 0 Å². The molecule has 0 radical (unpaired) electrons. The van der Waals surface area contributed by atoms with Crippen LogP contribution in [0.1, 0.15) is 42.2 Å². The molecule has 1 heterocycles. The first-order valence-electron chi connectivity index (χ1n) is 7.75. The largest absolute Gasteiger partial charge is 0.351 e. The molecule has 0 fully saturated rings. The summed E-state index contributed by atoms with van der Waals surface area (Å²) in [6, 6.07) is 8.97. The van der Waals surface area contributed by atoms with Crippen molar-refractivity contribution in [1.29, 1.82) is 0 Å². The van der Waals surface area contributed by atoms with E-state index >= 15 is 0 Å². The van der Waals surface area contributed by atoms with Crippen molar-refractivity contribution >= 4 is 29.0 Å². The predicted molar refractivity (Wildman–Crippen MR) is 93.4 cm³/mol. The van der Waals surface area contributed by atoms with Crippen molar-refractivity contribution in [1.82, 2.24) is 15.5 Å². The van der Waals surface area contributed by atoms with Gasteiger partial charge in [-0.3, -0.25) is 4.79 Å². The highest BCUT2D eigenvalue weighted by molar-refractivity contribution is 6.30. The zero-order valence-corrected chi connectivity index (χ0v) is 14.2. The van der Waals surface area contributed by atoms with E-state index in [0.717, 1.165) is 30.5 Å². The molecule has 0 atom stereocenters. The quantitative estimate of drug-likeness (QED) is 0.749. The van der Waals surface area contributed by atoms with Crippen molar-refractivity contribution in [3.8, 4) is 0 Å². The van der Waals surface area contributed by atoms with Crippen molar-refractivity contribution in [2.75, 3.05) is 11.9 Å². The number of anilines is 2. The second-order valence-electron chi connectivity index (χ2n) is 5.35. The van der Waals surface area contributed by atoms with Crippen molar-refractivity contribution in [2.45, 2.75) is 33.1 Å². The number of hydrogen-bond acceptors (Lipinski definition) is 4. The summed E-state index contributed by atoms with van der Waals surface area (Å²) < 4.78 is 0. The minimum Gasteiger partial charge on any atom is -0.351 e. The van der Waals surface area contributed by atoms with Crippen LogP contribution in [0.5, 0.6) is 0 Å². The summed E-state index contributed by atoms with van der Waals surface area (Å²) in [5.74, 6) is 0.372.